The summed E-state index contributed by atoms with van der Waals surface area (Å²) in [5, 5.41) is 36.8. The van der Waals surface area contributed by atoms with Crippen LogP contribution >= 0.6 is 0 Å². The summed E-state index contributed by atoms with van der Waals surface area (Å²) in [5.41, 5.74) is 0. The number of carbonyl (C=O) groups is 9. The lowest BCUT2D eigenvalue weighted by atomic mass is 10.0. The molecule has 0 rings (SSSR count). The summed E-state index contributed by atoms with van der Waals surface area (Å²) in [6.45, 7) is 5.02. The lowest BCUT2D eigenvalue weighted by Crippen LogP contribution is -2.45. The molecule has 0 aromatic carbocycles. The molecule has 21 nitrogen and oxygen atoms in total. The van der Waals surface area contributed by atoms with E-state index in [1.807, 2.05) is 0 Å². The van der Waals surface area contributed by atoms with Gasteiger partial charge < -0.3 is 55.5 Å². The standard InChI is InChI=1S/C44H75N5O16/c1-34(50)35(20-22-43(58)59)47-38(52)31-46-40(54)33-65-29-27-62-25-23-45-39(53)32-64-30-28-63-26-24-49(2)41(55)21-19-36(44(60)61)48-37(51)17-15-13-11-9-7-5-3-4-6-8-10-12-14-16-18-42(56)57/h35-36H,2-33H2,1H3,(H6-,45,46,47,48,51,52,53,54,56,57,58,59,60,61)/p+1. The molecule has 0 aromatic rings. The fourth-order valence-corrected chi connectivity index (χ4v) is 6.14. The zero-order chi connectivity index (χ0) is 48.5. The highest BCUT2D eigenvalue weighted by molar-refractivity contribution is 5.90. The molecule has 65 heavy (non-hydrogen) atoms. The van der Waals surface area contributed by atoms with E-state index in [2.05, 4.69) is 28.0 Å². The number of nitrogens with zero attached hydrogens (tertiary/aromatic N) is 1. The second-order valence-corrected chi connectivity index (χ2v) is 15.6. The highest BCUT2D eigenvalue weighted by Crippen LogP contribution is 2.14. The van der Waals surface area contributed by atoms with Crippen LogP contribution in [0, 0.1) is 0 Å². The number of hydrogen-bond donors (Lipinski definition) is 7. The third kappa shape index (κ3) is 39.2. The zero-order valence-electron chi connectivity index (χ0n) is 38.4. The first kappa shape index (κ1) is 60.1. The maximum absolute atomic E-state index is 12.5. The summed E-state index contributed by atoms with van der Waals surface area (Å²) in [7, 11) is 0. The molecule has 0 fully saturated rings. The minimum atomic E-state index is -1.21. The van der Waals surface area contributed by atoms with Crippen LogP contribution in [0.2, 0.25) is 0 Å². The fourth-order valence-electron chi connectivity index (χ4n) is 6.14. The van der Waals surface area contributed by atoms with Crippen LogP contribution in [0.4, 0.5) is 0 Å². The number of rotatable bonds is 45. The molecule has 0 saturated carbocycles. The molecule has 2 atom stereocenters. The molecule has 0 saturated heterocycles. The third-order valence-corrected chi connectivity index (χ3v) is 9.88. The van der Waals surface area contributed by atoms with Gasteiger partial charge in [0.05, 0.1) is 52.0 Å². The van der Waals surface area contributed by atoms with E-state index in [-0.39, 0.29) is 116 Å². The van der Waals surface area contributed by atoms with Crippen molar-refractivity contribution < 1.29 is 82.0 Å². The van der Waals surface area contributed by atoms with E-state index in [0.29, 0.717) is 6.42 Å². The monoisotopic (exact) mass is 931 g/mol. The van der Waals surface area contributed by atoms with Gasteiger partial charge in [0.2, 0.25) is 23.6 Å². The highest BCUT2D eigenvalue weighted by atomic mass is 16.5. The minimum absolute atomic E-state index is 0.0617. The molecular weight excluding hydrogens is 855 g/mol. The Morgan fingerprint density at radius 1 is 0.492 bits per heavy atom. The van der Waals surface area contributed by atoms with Gasteiger partial charge in [0.25, 0.3) is 0 Å². The van der Waals surface area contributed by atoms with Gasteiger partial charge in [0.15, 0.2) is 12.3 Å². The summed E-state index contributed by atoms with van der Waals surface area (Å²) in [4.78, 5) is 105. The van der Waals surface area contributed by atoms with Crippen LogP contribution in [0.15, 0.2) is 0 Å². The number of aliphatic carboxylic acids is 3. The lowest BCUT2D eigenvalue weighted by Gasteiger charge is -2.15. The fraction of sp³-hybridized carbons (Fsp3) is 0.773. The molecule has 2 unspecified atom stereocenters. The smallest absolute Gasteiger partial charge is 0.386 e. The van der Waals surface area contributed by atoms with Gasteiger partial charge in [0, 0.05) is 25.8 Å². The molecule has 7 N–H and O–H groups in total. The largest absolute Gasteiger partial charge is 0.481 e. The summed E-state index contributed by atoms with van der Waals surface area (Å²) < 4.78 is 22.4. The Hall–Kier alpha value is -4.86. The summed E-state index contributed by atoms with van der Waals surface area (Å²) in [6.07, 6.45) is 14.8. The number of hydrogen-bond acceptors (Lipinski definition) is 13. The molecule has 0 aromatic heterocycles. The van der Waals surface area contributed by atoms with Gasteiger partial charge in [-0.3, -0.25) is 33.6 Å². The van der Waals surface area contributed by atoms with E-state index in [4.69, 9.17) is 29.2 Å². The lowest BCUT2D eigenvalue weighted by molar-refractivity contribution is -0.445. The van der Waals surface area contributed by atoms with Crippen molar-refractivity contribution in [3.05, 3.63) is 0 Å². The second kappa shape index (κ2) is 40.6. The first-order valence-electron chi connectivity index (χ1n) is 22.8. The summed E-state index contributed by atoms with van der Waals surface area (Å²) in [6, 6.07) is -2.15. The maximum Gasteiger partial charge on any atom is 0.386 e. The van der Waals surface area contributed by atoms with Gasteiger partial charge in [-0.1, -0.05) is 77.0 Å². The molecule has 0 radical (unpaired) electrons. The van der Waals surface area contributed by atoms with Crippen LogP contribution in [0.25, 0.3) is 0 Å². The molecule has 0 bridgehead atoms. The zero-order valence-corrected chi connectivity index (χ0v) is 38.4. The van der Waals surface area contributed by atoms with Gasteiger partial charge in [0.1, 0.15) is 32.6 Å². The van der Waals surface area contributed by atoms with Crippen LogP contribution in [0.5, 0.6) is 0 Å². The molecule has 372 valence electrons. The number of carboxylic acids is 3. The predicted octanol–water partition coefficient (Wildman–Crippen LogP) is 2.14. The quantitative estimate of drug-likeness (QED) is 0.0261. The Morgan fingerprint density at radius 3 is 1.45 bits per heavy atom. The SMILES string of the molecule is C=[N+](CCOCCOCC(=O)NCCOCCOCC(=O)NCC(=O)NC(CCC(=O)O)C(C)=O)C(=O)CCC(NC(=O)CCCCCCCCCCCCCCCCC(=O)O)C(=O)O. The van der Waals surface area contributed by atoms with Crippen LogP contribution in [-0.4, -0.2) is 164 Å². The van der Waals surface area contributed by atoms with Crippen LogP contribution < -0.4 is 21.3 Å². The molecular formula is C44H76N5O16+. The predicted molar refractivity (Wildman–Crippen MR) is 236 cm³/mol. The van der Waals surface area contributed by atoms with E-state index < -0.39 is 60.0 Å². The van der Waals surface area contributed by atoms with E-state index >= 15 is 0 Å². The van der Waals surface area contributed by atoms with Crippen molar-refractivity contribution >= 4 is 59.9 Å². The average Bonchev–Trinajstić information content (AvgIpc) is 3.25. The average molecular weight is 931 g/mol. The van der Waals surface area contributed by atoms with Crippen molar-refractivity contribution in [3.63, 3.8) is 0 Å². The molecule has 0 aliphatic heterocycles. The molecule has 21 heteroatoms. The minimum Gasteiger partial charge on any atom is -0.481 e. The Labute approximate surface area is 382 Å². The maximum atomic E-state index is 12.5. The number of Topliss-reactive ketones (excluding diaryl/α,β-unsaturated/α-hetero) is 1. The van der Waals surface area contributed by atoms with E-state index in [1.165, 1.54) is 43.6 Å². The van der Waals surface area contributed by atoms with Crippen molar-refractivity contribution in [2.45, 2.75) is 147 Å². The molecule has 0 aliphatic carbocycles. The Balaban J connectivity index is 3.82. The van der Waals surface area contributed by atoms with Crippen molar-refractivity contribution in [3.8, 4) is 0 Å². The summed E-state index contributed by atoms with van der Waals surface area (Å²) in [5.74, 6) is -5.80. The van der Waals surface area contributed by atoms with Gasteiger partial charge in [-0.05, 0) is 32.6 Å². The van der Waals surface area contributed by atoms with E-state index in [0.717, 1.165) is 51.4 Å². The second-order valence-electron chi connectivity index (χ2n) is 15.6. The molecule has 0 heterocycles. The number of unbranched alkanes of at least 4 members (excludes halogenated alkanes) is 13. The van der Waals surface area contributed by atoms with Gasteiger partial charge in [-0.2, -0.15) is 4.58 Å². The summed E-state index contributed by atoms with van der Waals surface area (Å²) >= 11 is 0. The van der Waals surface area contributed by atoms with E-state index in [1.54, 1.807) is 0 Å². The number of carbonyl (C=O) groups excluding carboxylic acids is 6. The first-order chi connectivity index (χ1) is 31.1. The van der Waals surface area contributed by atoms with Crippen molar-refractivity contribution in [2.75, 3.05) is 72.5 Å². The highest BCUT2D eigenvalue weighted by Gasteiger charge is 2.24. The van der Waals surface area contributed by atoms with Crippen molar-refractivity contribution in [2.24, 2.45) is 0 Å². The topological polar surface area (TPSA) is 302 Å². The molecule has 0 aliphatic rings. The number of ketones is 1. The number of amides is 5. The Kier molecular flexibility index (Phi) is 37.6. The van der Waals surface area contributed by atoms with Gasteiger partial charge in [-0.25, -0.2) is 9.59 Å². The van der Waals surface area contributed by atoms with Gasteiger partial charge >= 0.3 is 23.8 Å². The Bertz CT molecular complexity index is 1450. The van der Waals surface area contributed by atoms with Crippen LogP contribution in [0.1, 0.15) is 135 Å². The van der Waals surface area contributed by atoms with Gasteiger partial charge in [-0.15, -0.1) is 0 Å². The van der Waals surface area contributed by atoms with Crippen LogP contribution in [0.3, 0.4) is 0 Å². The number of carboxylic acid groups (broad SMARTS) is 3. The number of ether oxygens (including phenoxy) is 4. The van der Waals surface area contributed by atoms with Crippen molar-refractivity contribution in [1.29, 1.82) is 0 Å². The number of nitrogens with one attached hydrogen (secondary N) is 4. The molecule has 5 amide bonds. The van der Waals surface area contributed by atoms with E-state index in [9.17, 15) is 48.3 Å². The molecule has 0 spiro atoms. The van der Waals surface area contributed by atoms with Crippen LogP contribution in [-0.2, 0) is 62.1 Å². The Morgan fingerprint density at radius 2 is 0.938 bits per heavy atom. The van der Waals surface area contributed by atoms with Crippen molar-refractivity contribution in [1.82, 2.24) is 21.3 Å². The third-order valence-electron chi connectivity index (χ3n) is 9.88. The first-order valence-corrected chi connectivity index (χ1v) is 22.8. The normalized spacial score (nSPS) is 11.8.